The van der Waals surface area contributed by atoms with Gasteiger partial charge in [0.25, 0.3) is 0 Å². The first-order valence-electron chi connectivity index (χ1n) is 3.05. The fraction of sp³-hybridized carbons (Fsp3) is 0. The van der Waals surface area contributed by atoms with Gasteiger partial charge in [0.1, 0.15) is 5.82 Å². The molecular weight excluding hydrogens is 258 g/mol. The van der Waals surface area contributed by atoms with E-state index in [9.17, 15) is 4.39 Å². The molecule has 0 atom stereocenters. The predicted molar refractivity (Wildman–Crippen MR) is 48.8 cm³/mol. The van der Waals surface area contributed by atoms with Crippen LogP contribution >= 0.6 is 22.6 Å². The number of hydrogen-bond acceptors (Lipinski definition) is 1. The first-order chi connectivity index (χ1) is 5.25. The lowest BCUT2D eigenvalue weighted by atomic mass is 10.4. The number of hydrogen-bond donors (Lipinski definition) is 1. The van der Waals surface area contributed by atoms with Gasteiger partial charge in [-0.1, -0.05) is 0 Å². The van der Waals surface area contributed by atoms with Crippen LogP contribution in [-0.4, -0.2) is 9.97 Å². The molecule has 11 heavy (non-hydrogen) atoms. The van der Waals surface area contributed by atoms with Crippen LogP contribution in [0.2, 0.25) is 0 Å². The van der Waals surface area contributed by atoms with Crippen LogP contribution in [0.15, 0.2) is 18.3 Å². The van der Waals surface area contributed by atoms with Crippen LogP contribution in [0, 0.1) is 9.52 Å². The summed E-state index contributed by atoms with van der Waals surface area (Å²) >= 11 is 2.13. The molecule has 0 bridgehead atoms. The molecule has 4 heteroatoms. The average Bonchev–Trinajstić information content (AvgIpc) is 2.27. The molecule has 0 saturated carbocycles. The van der Waals surface area contributed by atoms with Gasteiger partial charge in [-0.15, -0.1) is 0 Å². The van der Waals surface area contributed by atoms with E-state index in [-0.39, 0.29) is 5.82 Å². The lowest BCUT2D eigenvalue weighted by Crippen LogP contribution is -1.77. The number of halogens is 2. The van der Waals surface area contributed by atoms with Crippen molar-refractivity contribution >= 4 is 33.6 Å². The molecule has 0 radical (unpaired) electrons. The van der Waals surface area contributed by atoms with E-state index in [2.05, 4.69) is 32.6 Å². The van der Waals surface area contributed by atoms with E-state index in [0.29, 0.717) is 0 Å². The molecule has 2 aromatic heterocycles. The summed E-state index contributed by atoms with van der Waals surface area (Å²) in [6, 6.07) is 3.31. The lowest BCUT2D eigenvalue weighted by Gasteiger charge is -1.86. The molecule has 2 aromatic rings. The number of aromatic nitrogens is 2. The number of fused-ring (bicyclic) bond motifs is 1. The van der Waals surface area contributed by atoms with Crippen LogP contribution in [0.4, 0.5) is 4.39 Å². The smallest absolute Gasteiger partial charge is 0.143 e. The summed E-state index contributed by atoms with van der Waals surface area (Å²) in [6.45, 7) is 0. The van der Waals surface area contributed by atoms with Crippen LogP contribution in [-0.2, 0) is 0 Å². The fourth-order valence-corrected chi connectivity index (χ4v) is 1.54. The highest BCUT2D eigenvalue weighted by Gasteiger charge is 1.99. The highest BCUT2D eigenvalue weighted by molar-refractivity contribution is 14.1. The molecule has 1 N–H and O–H groups in total. The molecular formula is C7H4FIN2. The zero-order valence-corrected chi connectivity index (χ0v) is 7.59. The SMILES string of the molecule is Fc1cnc2cc(I)[nH]c2c1. The lowest BCUT2D eigenvalue weighted by molar-refractivity contribution is 0.624. The van der Waals surface area contributed by atoms with Crippen molar-refractivity contribution in [2.75, 3.05) is 0 Å². The number of H-pyrrole nitrogens is 1. The highest BCUT2D eigenvalue weighted by atomic mass is 127. The minimum Gasteiger partial charge on any atom is -0.349 e. The number of nitrogens with zero attached hydrogens (tertiary/aromatic N) is 1. The molecule has 0 aromatic carbocycles. The quantitative estimate of drug-likeness (QED) is 0.725. The third-order valence-corrected chi connectivity index (χ3v) is 1.98. The van der Waals surface area contributed by atoms with Gasteiger partial charge in [-0.05, 0) is 28.7 Å². The van der Waals surface area contributed by atoms with E-state index in [1.807, 2.05) is 6.07 Å². The van der Waals surface area contributed by atoms with Gasteiger partial charge in [0.2, 0.25) is 0 Å². The Morgan fingerprint density at radius 2 is 2.27 bits per heavy atom. The Labute approximate surface area is 76.0 Å². The molecule has 0 spiro atoms. The van der Waals surface area contributed by atoms with Crippen molar-refractivity contribution in [1.82, 2.24) is 9.97 Å². The van der Waals surface area contributed by atoms with Crippen LogP contribution < -0.4 is 0 Å². The minimum absolute atomic E-state index is 0.309. The molecule has 2 heterocycles. The Morgan fingerprint density at radius 3 is 3.09 bits per heavy atom. The summed E-state index contributed by atoms with van der Waals surface area (Å²) in [7, 11) is 0. The van der Waals surface area contributed by atoms with Crippen molar-refractivity contribution in [2.24, 2.45) is 0 Å². The molecule has 0 aliphatic rings. The molecule has 0 aliphatic heterocycles. The number of pyridine rings is 1. The summed E-state index contributed by atoms with van der Waals surface area (Å²) in [5, 5.41) is 0. The number of nitrogens with one attached hydrogen (secondary N) is 1. The number of rotatable bonds is 0. The molecule has 0 saturated heterocycles. The average molecular weight is 262 g/mol. The predicted octanol–water partition coefficient (Wildman–Crippen LogP) is 2.31. The highest BCUT2D eigenvalue weighted by Crippen LogP contribution is 2.14. The van der Waals surface area contributed by atoms with Crippen LogP contribution in [0.25, 0.3) is 11.0 Å². The molecule has 0 unspecified atom stereocenters. The summed E-state index contributed by atoms with van der Waals surface area (Å²) in [6.07, 6.45) is 1.21. The Morgan fingerprint density at radius 1 is 1.45 bits per heavy atom. The van der Waals surface area contributed by atoms with Gasteiger partial charge in [-0.3, -0.25) is 4.98 Å². The molecule has 0 amide bonds. The summed E-state index contributed by atoms with van der Waals surface area (Å²) in [4.78, 5) is 6.87. The maximum atomic E-state index is 12.6. The van der Waals surface area contributed by atoms with E-state index in [0.717, 1.165) is 14.7 Å². The maximum Gasteiger partial charge on any atom is 0.143 e. The van der Waals surface area contributed by atoms with Gasteiger partial charge in [0.05, 0.1) is 20.9 Å². The third kappa shape index (κ3) is 1.22. The fourth-order valence-electron chi connectivity index (χ4n) is 0.950. The van der Waals surface area contributed by atoms with Gasteiger partial charge in [0, 0.05) is 6.07 Å². The second kappa shape index (κ2) is 2.44. The Hall–Kier alpha value is -0.650. The Balaban J connectivity index is 2.82. The monoisotopic (exact) mass is 262 g/mol. The van der Waals surface area contributed by atoms with Gasteiger partial charge in [0.15, 0.2) is 0 Å². The van der Waals surface area contributed by atoms with E-state index < -0.39 is 0 Å². The van der Waals surface area contributed by atoms with Crippen LogP contribution in [0.1, 0.15) is 0 Å². The zero-order valence-electron chi connectivity index (χ0n) is 5.44. The summed E-state index contributed by atoms with van der Waals surface area (Å²) < 4.78 is 13.5. The largest absolute Gasteiger partial charge is 0.349 e. The molecule has 0 fully saturated rings. The van der Waals surface area contributed by atoms with Crippen molar-refractivity contribution in [2.45, 2.75) is 0 Å². The Kier molecular flexibility index (Phi) is 1.56. The third-order valence-electron chi connectivity index (χ3n) is 1.40. The van der Waals surface area contributed by atoms with E-state index in [1.165, 1.54) is 12.3 Å². The summed E-state index contributed by atoms with van der Waals surface area (Å²) in [5.74, 6) is -0.309. The van der Waals surface area contributed by atoms with E-state index in [1.54, 1.807) is 0 Å². The van der Waals surface area contributed by atoms with Crippen LogP contribution in [0.5, 0.6) is 0 Å². The zero-order chi connectivity index (χ0) is 7.84. The van der Waals surface area contributed by atoms with Gasteiger partial charge < -0.3 is 4.98 Å². The normalized spacial score (nSPS) is 10.7. The van der Waals surface area contributed by atoms with Crippen molar-refractivity contribution < 1.29 is 4.39 Å². The summed E-state index contributed by atoms with van der Waals surface area (Å²) in [5.41, 5.74) is 1.55. The first-order valence-corrected chi connectivity index (χ1v) is 4.13. The number of aromatic amines is 1. The second-order valence-corrected chi connectivity index (χ2v) is 3.37. The second-order valence-electron chi connectivity index (χ2n) is 2.20. The van der Waals surface area contributed by atoms with E-state index >= 15 is 0 Å². The van der Waals surface area contributed by atoms with Gasteiger partial charge in [-0.2, -0.15) is 0 Å². The van der Waals surface area contributed by atoms with Crippen molar-refractivity contribution in [1.29, 1.82) is 0 Å². The standard InChI is InChI=1S/C7H4FIN2/c8-4-1-6-5(10-3-4)2-7(9)11-6/h1-3,11H. The molecule has 2 rings (SSSR count). The van der Waals surface area contributed by atoms with Crippen LogP contribution in [0.3, 0.4) is 0 Å². The van der Waals surface area contributed by atoms with Crippen molar-refractivity contribution in [3.63, 3.8) is 0 Å². The van der Waals surface area contributed by atoms with Gasteiger partial charge >= 0.3 is 0 Å². The molecule has 56 valence electrons. The molecule has 2 nitrogen and oxygen atoms in total. The van der Waals surface area contributed by atoms with E-state index in [4.69, 9.17) is 0 Å². The van der Waals surface area contributed by atoms with Gasteiger partial charge in [-0.25, -0.2) is 4.39 Å². The topological polar surface area (TPSA) is 28.7 Å². The molecule has 0 aliphatic carbocycles. The van der Waals surface area contributed by atoms with Crippen molar-refractivity contribution in [3.8, 4) is 0 Å². The first kappa shape index (κ1) is 7.02. The Bertz CT molecular complexity index is 396. The minimum atomic E-state index is -0.309. The van der Waals surface area contributed by atoms with Crippen molar-refractivity contribution in [3.05, 3.63) is 27.8 Å². The maximum absolute atomic E-state index is 12.6.